The van der Waals surface area contributed by atoms with Gasteiger partial charge in [-0.2, -0.15) is 0 Å². The molecule has 0 aliphatic carbocycles. The molecule has 6 atom stereocenters. The molecule has 2 unspecified atom stereocenters. The van der Waals surface area contributed by atoms with Crippen LogP contribution in [-0.2, 0) is 4.74 Å². The summed E-state index contributed by atoms with van der Waals surface area (Å²) in [4.78, 5) is 0. The van der Waals surface area contributed by atoms with E-state index in [9.17, 15) is 15.3 Å². The van der Waals surface area contributed by atoms with E-state index in [1.807, 2.05) is 13.8 Å². The lowest BCUT2D eigenvalue weighted by Gasteiger charge is -2.44. The van der Waals surface area contributed by atoms with Crippen LogP contribution < -0.4 is 5.32 Å². The summed E-state index contributed by atoms with van der Waals surface area (Å²) in [6, 6.07) is -0.592. The van der Waals surface area contributed by atoms with E-state index in [0.717, 1.165) is 12.8 Å². The fraction of sp³-hybridized carbons (Fsp3) is 1.00. The quantitative estimate of drug-likeness (QED) is 0.529. The van der Waals surface area contributed by atoms with Gasteiger partial charge in [0, 0.05) is 5.28 Å². The largest absolute Gasteiger partial charge is 0.389 e. The fourth-order valence-electron chi connectivity index (χ4n) is 2.01. The minimum Gasteiger partial charge on any atom is -0.389 e. The van der Waals surface area contributed by atoms with Crippen LogP contribution in [0.25, 0.3) is 0 Å². The Kier molecular flexibility index (Phi) is 5.32. The predicted molar refractivity (Wildman–Crippen MR) is 68.5 cm³/mol. The molecule has 0 saturated carbocycles. The van der Waals surface area contributed by atoms with Gasteiger partial charge in [-0.25, -0.2) is 0 Å². The van der Waals surface area contributed by atoms with Crippen molar-refractivity contribution in [2.75, 3.05) is 0 Å². The van der Waals surface area contributed by atoms with E-state index >= 15 is 0 Å². The summed E-state index contributed by atoms with van der Waals surface area (Å²) in [6.07, 6.45) is -2.04. The van der Waals surface area contributed by atoms with Gasteiger partial charge in [0.15, 0.2) is 6.29 Å². The normalized spacial score (nSPS) is 39.4. The first-order valence-electron chi connectivity index (χ1n) is 6.11. The number of aliphatic hydroxyl groups excluding tert-OH is 3. The van der Waals surface area contributed by atoms with Gasteiger partial charge in [-0.1, -0.05) is 13.8 Å². The van der Waals surface area contributed by atoms with Crippen LogP contribution >= 0.6 is 9.24 Å². The van der Waals surface area contributed by atoms with Gasteiger partial charge >= 0.3 is 0 Å². The Morgan fingerprint density at radius 2 is 1.71 bits per heavy atom. The van der Waals surface area contributed by atoms with E-state index in [0.29, 0.717) is 0 Å². The number of nitrogens with one attached hydrogen (secondary N) is 1. The maximum atomic E-state index is 10.0. The van der Waals surface area contributed by atoms with Crippen LogP contribution in [-0.4, -0.2) is 51.2 Å². The molecule has 1 aliphatic heterocycles. The van der Waals surface area contributed by atoms with Gasteiger partial charge in [-0.05, 0) is 19.8 Å². The van der Waals surface area contributed by atoms with E-state index in [2.05, 4.69) is 14.6 Å². The van der Waals surface area contributed by atoms with Gasteiger partial charge in [-0.3, -0.25) is 0 Å². The van der Waals surface area contributed by atoms with Crippen LogP contribution in [0.3, 0.4) is 0 Å². The first kappa shape index (κ1) is 15.3. The lowest BCUT2D eigenvalue weighted by Crippen LogP contribution is -2.65. The maximum absolute atomic E-state index is 10.0. The van der Waals surface area contributed by atoms with E-state index < -0.39 is 30.6 Å². The van der Waals surface area contributed by atoms with Crippen molar-refractivity contribution in [3.05, 3.63) is 0 Å². The van der Waals surface area contributed by atoms with Crippen molar-refractivity contribution in [2.24, 2.45) is 0 Å². The Morgan fingerprint density at radius 3 is 2.18 bits per heavy atom. The zero-order valence-electron chi connectivity index (χ0n) is 10.6. The summed E-state index contributed by atoms with van der Waals surface area (Å²) in [7, 11) is 2.72. The predicted octanol–water partition coefficient (Wildman–Crippen LogP) is -0.205. The zero-order valence-corrected chi connectivity index (χ0v) is 11.8. The first-order valence-corrected chi connectivity index (χ1v) is 6.68. The maximum Gasteiger partial charge on any atom is 0.182 e. The molecule has 0 amide bonds. The molecule has 0 bridgehead atoms. The molecule has 0 aromatic rings. The number of ether oxygens (including phenoxy) is 1. The average Bonchev–Trinajstić information content (AvgIpc) is 2.32. The van der Waals surface area contributed by atoms with Crippen LogP contribution in [0.4, 0.5) is 0 Å². The average molecular weight is 265 g/mol. The van der Waals surface area contributed by atoms with E-state index in [-0.39, 0.29) is 5.28 Å². The Balaban J connectivity index is 2.78. The zero-order chi connectivity index (χ0) is 13.2. The Hall–Kier alpha value is 0.230. The summed E-state index contributed by atoms with van der Waals surface area (Å²) in [5.74, 6) is 0. The van der Waals surface area contributed by atoms with E-state index in [1.54, 1.807) is 6.92 Å². The summed E-state index contributed by atoms with van der Waals surface area (Å²) in [5.41, 5.74) is 0. The Bertz CT molecular complexity index is 236. The van der Waals surface area contributed by atoms with Crippen LogP contribution in [0.2, 0.25) is 0 Å². The van der Waals surface area contributed by atoms with Crippen LogP contribution in [0.15, 0.2) is 0 Å². The van der Waals surface area contributed by atoms with Crippen molar-refractivity contribution in [1.82, 2.24) is 5.32 Å². The molecule has 6 heteroatoms. The Labute approximate surface area is 105 Å². The molecule has 102 valence electrons. The number of rotatable bonds is 4. The summed E-state index contributed by atoms with van der Waals surface area (Å²) in [5, 5.41) is 32.4. The highest BCUT2D eigenvalue weighted by atomic mass is 31.0. The second kappa shape index (κ2) is 5.91. The first-order chi connectivity index (χ1) is 7.84. The van der Waals surface area contributed by atoms with Crippen LogP contribution in [0.5, 0.6) is 0 Å². The van der Waals surface area contributed by atoms with Gasteiger partial charge in [0.05, 0.1) is 18.2 Å². The smallest absolute Gasteiger partial charge is 0.182 e. The second-order valence-corrected chi connectivity index (χ2v) is 5.85. The molecule has 0 aromatic carbocycles. The molecule has 1 heterocycles. The standard InChI is InChI=1S/C11H24NO4P/c1-4-11(17,5-2)12-7-8(13)6(3)16-10(15)9(7)14/h6-10,12-15H,4-5,17H2,1-3H3/t6-,7+,8-,9+,10?/m1/s1. The van der Waals surface area contributed by atoms with Gasteiger partial charge in [0.2, 0.25) is 0 Å². The molecule has 0 radical (unpaired) electrons. The highest BCUT2D eigenvalue weighted by Gasteiger charge is 2.44. The van der Waals surface area contributed by atoms with Crippen LogP contribution in [0, 0.1) is 0 Å². The molecule has 1 saturated heterocycles. The van der Waals surface area contributed by atoms with Gasteiger partial charge in [-0.15, -0.1) is 9.24 Å². The van der Waals surface area contributed by atoms with Gasteiger partial charge < -0.3 is 25.4 Å². The van der Waals surface area contributed by atoms with Crippen LogP contribution in [0.1, 0.15) is 33.6 Å². The third-order valence-corrected chi connectivity index (χ3v) is 4.56. The van der Waals surface area contributed by atoms with E-state index in [1.165, 1.54) is 0 Å². The fourth-order valence-corrected chi connectivity index (χ4v) is 2.20. The lowest BCUT2D eigenvalue weighted by atomic mass is 9.95. The number of hydrogen-bond donors (Lipinski definition) is 4. The van der Waals surface area contributed by atoms with E-state index in [4.69, 9.17) is 4.74 Å². The number of aliphatic hydroxyl groups is 3. The highest BCUT2D eigenvalue weighted by molar-refractivity contribution is 7.18. The SMILES string of the molecule is CCC(P)(CC)N[C@H]1[C@H](O)[C@@H](C)OC(O)[C@H]1O. The molecule has 5 nitrogen and oxygen atoms in total. The lowest BCUT2D eigenvalue weighted by molar-refractivity contribution is -0.253. The van der Waals surface area contributed by atoms with Gasteiger partial charge in [0.1, 0.15) is 6.10 Å². The molecular formula is C11H24NO4P. The minimum absolute atomic E-state index is 0.247. The second-order valence-electron chi connectivity index (χ2n) is 4.75. The molecular weight excluding hydrogens is 241 g/mol. The van der Waals surface area contributed by atoms with Crippen molar-refractivity contribution in [2.45, 2.75) is 69.5 Å². The third-order valence-electron chi connectivity index (χ3n) is 3.58. The summed E-state index contributed by atoms with van der Waals surface area (Å²) >= 11 is 0. The number of hydrogen-bond acceptors (Lipinski definition) is 5. The van der Waals surface area contributed by atoms with Gasteiger partial charge in [0.25, 0.3) is 0 Å². The van der Waals surface area contributed by atoms with Crippen molar-refractivity contribution >= 4 is 9.24 Å². The van der Waals surface area contributed by atoms with Crippen molar-refractivity contribution < 1.29 is 20.1 Å². The molecule has 4 N–H and O–H groups in total. The highest BCUT2D eigenvalue weighted by Crippen LogP contribution is 2.28. The summed E-state index contributed by atoms with van der Waals surface area (Å²) in [6.45, 7) is 5.74. The topological polar surface area (TPSA) is 82.0 Å². The molecule has 17 heavy (non-hydrogen) atoms. The molecule has 1 fully saturated rings. The third kappa shape index (κ3) is 3.37. The molecule has 0 aromatic heterocycles. The molecule has 1 aliphatic rings. The molecule has 1 rings (SSSR count). The monoisotopic (exact) mass is 265 g/mol. The summed E-state index contributed by atoms with van der Waals surface area (Å²) < 4.78 is 5.03. The Morgan fingerprint density at radius 1 is 1.18 bits per heavy atom. The van der Waals surface area contributed by atoms with Crippen molar-refractivity contribution in [3.63, 3.8) is 0 Å². The molecule has 0 spiro atoms. The minimum atomic E-state index is -1.26. The van der Waals surface area contributed by atoms with Crippen molar-refractivity contribution in [3.8, 4) is 0 Å². The van der Waals surface area contributed by atoms with Crippen molar-refractivity contribution in [1.29, 1.82) is 0 Å².